The molecule has 55 heavy (non-hydrogen) atoms. The minimum absolute atomic E-state index is 0.00817. The van der Waals surface area contributed by atoms with Crippen LogP contribution in [-0.2, 0) is 31.4 Å². The van der Waals surface area contributed by atoms with Gasteiger partial charge < -0.3 is 30.7 Å². The molecule has 2 saturated carbocycles. The second-order valence-electron chi connectivity index (χ2n) is 15.7. The van der Waals surface area contributed by atoms with Crippen molar-refractivity contribution in [3.63, 3.8) is 0 Å². The number of amides is 2. The molecule has 2 aliphatic heterocycles. The van der Waals surface area contributed by atoms with Gasteiger partial charge in [-0.1, -0.05) is 47.5 Å². The first-order valence-electron chi connectivity index (χ1n) is 19.1. The first-order chi connectivity index (χ1) is 26.5. The van der Waals surface area contributed by atoms with Crippen LogP contribution in [-0.4, -0.2) is 78.5 Å². The van der Waals surface area contributed by atoms with Crippen molar-refractivity contribution in [1.82, 2.24) is 29.5 Å². The summed E-state index contributed by atoms with van der Waals surface area (Å²) in [5.74, 6) is -1.12. The van der Waals surface area contributed by atoms with Gasteiger partial charge in [0.25, 0.3) is 11.8 Å². The molecule has 290 valence electrons. The molecule has 2 bridgehead atoms. The summed E-state index contributed by atoms with van der Waals surface area (Å²) in [5, 5.41) is 33.4. The normalized spacial score (nSPS) is 23.0. The van der Waals surface area contributed by atoms with E-state index in [1.807, 2.05) is 16.3 Å². The summed E-state index contributed by atoms with van der Waals surface area (Å²) in [6.07, 6.45) is 7.91. The van der Waals surface area contributed by atoms with Crippen molar-refractivity contribution >= 4 is 52.4 Å². The van der Waals surface area contributed by atoms with Crippen LogP contribution in [0.2, 0.25) is 10.0 Å². The third kappa shape index (κ3) is 7.05. The summed E-state index contributed by atoms with van der Waals surface area (Å²) in [6.45, 7) is 3.58. The van der Waals surface area contributed by atoms with Gasteiger partial charge in [-0.15, -0.1) is 0 Å². The van der Waals surface area contributed by atoms with Crippen molar-refractivity contribution in [3.8, 4) is 11.1 Å². The second kappa shape index (κ2) is 15.0. The Kier molecular flexibility index (Phi) is 10.3. The van der Waals surface area contributed by atoms with Crippen molar-refractivity contribution in [2.75, 3.05) is 36.9 Å². The predicted molar refractivity (Wildman–Crippen MR) is 209 cm³/mol. The Morgan fingerprint density at radius 2 is 1.65 bits per heavy atom. The summed E-state index contributed by atoms with van der Waals surface area (Å²) in [6, 6.07) is 12.4. The van der Waals surface area contributed by atoms with Gasteiger partial charge in [-0.2, -0.15) is 5.10 Å². The van der Waals surface area contributed by atoms with Crippen molar-refractivity contribution in [2.45, 2.75) is 76.9 Å². The molecule has 4 aromatic rings. The molecule has 0 spiro atoms. The lowest BCUT2D eigenvalue weighted by Gasteiger charge is -2.32. The molecule has 0 saturated heterocycles. The first kappa shape index (κ1) is 37.6. The van der Waals surface area contributed by atoms with Crippen LogP contribution in [0.4, 0.5) is 11.4 Å². The molecule has 1 unspecified atom stereocenters. The highest BCUT2D eigenvalue weighted by molar-refractivity contribution is 6.40. The Labute approximate surface area is 329 Å². The lowest BCUT2D eigenvalue weighted by atomic mass is 9.80. The number of aliphatic hydroxyl groups excluding tert-OH is 1. The number of hydrogen-bond acceptors (Lipinski definition) is 8. The molecular weight excluding hydrogens is 743 g/mol. The number of halogens is 2. The van der Waals surface area contributed by atoms with E-state index in [0.29, 0.717) is 53.0 Å². The maximum absolute atomic E-state index is 13.7. The quantitative estimate of drug-likeness (QED) is 0.111. The van der Waals surface area contributed by atoms with Gasteiger partial charge >= 0.3 is 5.97 Å². The van der Waals surface area contributed by atoms with Crippen LogP contribution >= 0.6 is 23.2 Å². The lowest BCUT2D eigenvalue weighted by molar-refractivity contribution is -0.148. The molecule has 2 aromatic carbocycles. The largest absolute Gasteiger partial charge is 0.481 e. The number of aliphatic carboxylic acids is 1. The average Bonchev–Trinajstić information content (AvgIpc) is 3.97. The maximum atomic E-state index is 13.7. The van der Waals surface area contributed by atoms with Gasteiger partial charge in [0.05, 0.1) is 44.8 Å². The fourth-order valence-electron chi connectivity index (χ4n) is 9.41. The molecule has 2 aromatic heterocycles. The van der Waals surface area contributed by atoms with Crippen LogP contribution in [0, 0.1) is 10.8 Å². The van der Waals surface area contributed by atoms with Crippen LogP contribution in [0.25, 0.3) is 11.1 Å². The summed E-state index contributed by atoms with van der Waals surface area (Å²) < 4.78 is 3.69. The number of carbonyl (C=O) groups excluding carboxylic acids is 2. The number of imidazole rings is 1. The summed E-state index contributed by atoms with van der Waals surface area (Å²) >= 11 is 13.9. The van der Waals surface area contributed by atoms with Gasteiger partial charge in [-0.25, -0.2) is 4.98 Å². The number of rotatable bonds is 12. The number of nitrogens with one attached hydrogen (secondary N) is 3. The smallest absolute Gasteiger partial charge is 0.309 e. The lowest BCUT2D eigenvalue weighted by Crippen LogP contribution is -2.34. The SMILES string of the molecule is Cn1c(C(=O)Nc2cccc(-c3cccc(NC(=O)c4cc5n(n4)CCCC5NCCO)c3Cl)c2Cl)nc2c1CCN(CCC13CCC(C(=O)O)(CC1)C3)C2. The van der Waals surface area contributed by atoms with Gasteiger partial charge in [-0.05, 0) is 81.5 Å². The molecule has 2 amide bonds. The van der Waals surface area contributed by atoms with Crippen LogP contribution in [0.5, 0.6) is 0 Å². The van der Waals surface area contributed by atoms with Crippen molar-refractivity contribution in [3.05, 3.63) is 81.1 Å². The van der Waals surface area contributed by atoms with E-state index < -0.39 is 17.3 Å². The van der Waals surface area contributed by atoms with Gasteiger partial charge in [0.2, 0.25) is 0 Å². The van der Waals surface area contributed by atoms with Crippen LogP contribution in [0.1, 0.15) is 95.6 Å². The minimum atomic E-state index is -0.631. The number of carboxylic acids is 1. The number of aromatic nitrogens is 4. The third-order valence-corrected chi connectivity index (χ3v) is 13.3. The Bertz CT molecular complexity index is 2160. The topological polar surface area (TPSA) is 167 Å². The molecule has 13 nitrogen and oxygen atoms in total. The summed E-state index contributed by atoms with van der Waals surface area (Å²) in [7, 11) is 1.86. The Balaban J connectivity index is 0.937. The molecule has 2 aliphatic carbocycles. The molecule has 0 radical (unpaired) electrons. The summed E-state index contributed by atoms with van der Waals surface area (Å²) in [4.78, 5) is 46.2. The number of anilines is 2. The maximum Gasteiger partial charge on any atom is 0.309 e. The number of fused-ring (bicyclic) bond motifs is 4. The van der Waals surface area contributed by atoms with E-state index in [0.717, 1.165) is 88.0 Å². The fraction of sp³-hybridized carbons (Fsp3) is 0.475. The average molecular weight is 790 g/mol. The number of aryl methyl sites for hydroxylation is 1. The predicted octanol–water partition coefficient (Wildman–Crippen LogP) is 6.30. The number of carboxylic acid groups (broad SMARTS) is 1. The highest BCUT2D eigenvalue weighted by Crippen LogP contribution is 2.63. The number of hydrogen-bond donors (Lipinski definition) is 5. The van der Waals surface area contributed by atoms with E-state index in [1.54, 1.807) is 42.5 Å². The van der Waals surface area contributed by atoms with Crippen molar-refractivity contribution < 1.29 is 24.6 Å². The van der Waals surface area contributed by atoms with Gasteiger partial charge in [0.15, 0.2) is 11.5 Å². The molecule has 1 atom stereocenters. The monoisotopic (exact) mass is 788 g/mol. The second-order valence-corrected chi connectivity index (χ2v) is 16.5. The van der Waals surface area contributed by atoms with E-state index in [-0.39, 0.29) is 34.7 Å². The zero-order valence-corrected chi connectivity index (χ0v) is 32.3. The first-order valence-corrected chi connectivity index (χ1v) is 19.9. The van der Waals surface area contributed by atoms with Crippen LogP contribution in [0.15, 0.2) is 42.5 Å². The zero-order valence-electron chi connectivity index (χ0n) is 30.8. The minimum Gasteiger partial charge on any atom is -0.481 e. The van der Waals surface area contributed by atoms with E-state index in [1.165, 1.54) is 0 Å². The number of nitrogens with zero attached hydrogens (tertiary/aromatic N) is 5. The van der Waals surface area contributed by atoms with Crippen molar-refractivity contribution in [1.29, 1.82) is 0 Å². The molecule has 5 N–H and O–H groups in total. The Hall–Kier alpha value is -4.27. The standard InChI is InChI=1S/C40H46Cl2N8O5/c1-48-31-10-18-49(19-15-39-11-13-40(23-39,14-12-39)38(54)55)22-30(31)44-35(48)37(53)46-28-8-3-6-25(34(28)42)24-5-2-7-27(33(24)41)45-36(52)29-21-32-26(43-16-20-51)9-4-17-50(32)47-29/h2-3,5-8,21,26,43,51H,4,9-20,22-23H2,1H3,(H,45,52)(H,46,53)(H,54,55). The zero-order chi connectivity index (χ0) is 38.5. The number of benzene rings is 2. The number of carbonyl (C=O) groups is 3. The van der Waals surface area contributed by atoms with E-state index in [2.05, 4.69) is 25.9 Å². The number of aliphatic hydroxyl groups is 1. The van der Waals surface area contributed by atoms with Gasteiger partial charge in [-0.3, -0.25) is 24.0 Å². The highest BCUT2D eigenvalue weighted by Gasteiger charge is 2.57. The molecular formula is C40H46Cl2N8O5. The highest BCUT2D eigenvalue weighted by atomic mass is 35.5. The van der Waals surface area contributed by atoms with Gasteiger partial charge in [0, 0.05) is 62.5 Å². The van der Waals surface area contributed by atoms with E-state index >= 15 is 0 Å². The molecule has 4 aliphatic rings. The molecule has 8 rings (SSSR count). The molecule has 4 heterocycles. The third-order valence-electron chi connectivity index (χ3n) is 12.5. The molecule has 15 heteroatoms. The van der Waals surface area contributed by atoms with Crippen LogP contribution < -0.4 is 16.0 Å². The van der Waals surface area contributed by atoms with E-state index in [9.17, 15) is 24.6 Å². The van der Waals surface area contributed by atoms with E-state index in [4.69, 9.17) is 28.2 Å². The summed E-state index contributed by atoms with van der Waals surface area (Å²) in [5.41, 5.74) is 4.65. The Morgan fingerprint density at radius 1 is 0.964 bits per heavy atom. The Morgan fingerprint density at radius 3 is 2.31 bits per heavy atom. The van der Waals surface area contributed by atoms with Crippen molar-refractivity contribution in [2.24, 2.45) is 17.9 Å². The van der Waals surface area contributed by atoms with Gasteiger partial charge in [0.1, 0.15) is 0 Å². The van der Waals surface area contributed by atoms with Crippen LogP contribution in [0.3, 0.4) is 0 Å². The molecule has 2 fully saturated rings. The fourth-order valence-corrected chi connectivity index (χ4v) is 9.96.